The fraction of sp³-hybridized carbons (Fsp3) is 0.214. The molecule has 0 spiro atoms. The highest BCUT2D eigenvalue weighted by Gasteiger charge is 2.24. The Morgan fingerprint density at radius 3 is 2.18 bits per heavy atom. The summed E-state index contributed by atoms with van der Waals surface area (Å²) in [4.78, 5) is 13.5. The molecular weight excluding hydrogens is 234 g/mol. The molecule has 90 valence electrons. The Morgan fingerprint density at radius 2 is 1.76 bits per heavy atom. The van der Waals surface area contributed by atoms with Gasteiger partial charge in [0.1, 0.15) is 6.04 Å². The van der Waals surface area contributed by atoms with E-state index in [1.165, 1.54) is 0 Å². The van der Waals surface area contributed by atoms with E-state index in [4.69, 9.17) is 11.6 Å². The molecular formula is C14H16ClNO. The third-order valence-electron chi connectivity index (χ3n) is 2.42. The summed E-state index contributed by atoms with van der Waals surface area (Å²) in [5, 5.41) is -0.389. The van der Waals surface area contributed by atoms with E-state index < -0.39 is 6.04 Å². The standard InChI is InChI=1S/C14H16ClNO/c1-3-10-16(11-4-2)13(14(15)17)12-8-6-5-7-9-12/h3-9,13H,1-2,10-11H2. The first kappa shape index (κ1) is 13.7. The van der Waals surface area contributed by atoms with Gasteiger partial charge >= 0.3 is 0 Å². The maximum Gasteiger partial charge on any atom is 0.243 e. The third-order valence-corrected chi connectivity index (χ3v) is 2.63. The van der Waals surface area contributed by atoms with Gasteiger partial charge in [-0.15, -0.1) is 13.2 Å². The average Bonchev–Trinajstić information content (AvgIpc) is 2.31. The summed E-state index contributed by atoms with van der Waals surface area (Å²) < 4.78 is 0. The van der Waals surface area contributed by atoms with Crippen molar-refractivity contribution in [2.45, 2.75) is 6.04 Å². The van der Waals surface area contributed by atoms with Crippen molar-refractivity contribution in [1.82, 2.24) is 4.90 Å². The molecule has 0 radical (unpaired) electrons. The van der Waals surface area contributed by atoms with Crippen LogP contribution in [0.1, 0.15) is 11.6 Å². The molecule has 1 rings (SSSR count). The van der Waals surface area contributed by atoms with Crippen molar-refractivity contribution in [1.29, 1.82) is 0 Å². The molecule has 0 N–H and O–H groups in total. The van der Waals surface area contributed by atoms with E-state index in [0.717, 1.165) is 5.56 Å². The second-order valence-corrected chi connectivity index (χ2v) is 4.02. The summed E-state index contributed by atoms with van der Waals surface area (Å²) in [6.07, 6.45) is 3.50. The molecule has 17 heavy (non-hydrogen) atoms. The molecule has 2 nitrogen and oxygen atoms in total. The van der Waals surface area contributed by atoms with Crippen molar-refractivity contribution in [3.8, 4) is 0 Å². The van der Waals surface area contributed by atoms with Crippen LogP contribution in [0.3, 0.4) is 0 Å². The quantitative estimate of drug-likeness (QED) is 0.547. The van der Waals surface area contributed by atoms with E-state index in [9.17, 15) is 4.79 Å². The molecule has 0 amide bonds. The maximum atomic E-state index is 11.6. The van der Waals surface area contributed by atoms with Crippen molar-refractivity contribution in [3.63, 3.8) is 0 Å². The monoisotopic (exact) mass is 249 g/mol. The van der Waals surface area contributed by atoms with Gasteiger partial charge in [0.15, 0.2) is 0 Å². The third kappa shape index (κ3) is 3.84. The second-order valence-electron chi connectivity index (χ2n) is 3.65. The van der Waals surface area contributed by atoms with Gasteiger partial charge in [-0.05, 0) is 17.2 Å². The SMILES string of the molecule is C=CCN(CC=C)C(C(=O)Cl)c1ccccc1. The van der Waals surface area contributed by atoms with Crippen LogP contribution >= 0.6 is 11.6 Å². The number of hydrogen-bond donors (Lipinski definition) is 0. The normalized spacial score (nSPS) is 12.1. The van der Waals surface area contributed by atoms with E-state index in [0.29, 0.717) is 13.1 Å². The lowest BCUT2D eigenvalue weighted by Crippen LogP contribution is -2.32. The van der Waals surface area contributed by atoms with Gasteiger partial charge in [-0.25, -0.2) is 0 Å². The van der Waals surface area contributed by atoms with E-state index in [1.54, 1.807) is 12.2 Å². The van der Waals surface area contributed by atoms with Crippen LogP contribution in [0.2, 0.25) is 0 Å². The maximum absolute atomic E-state index is 11.6. The molecule has 1 unspecified atom stereocenters. The Bertz CT molecular complexity index is 378. The van der Waals surface area contributed by atoms with Gasteiger partial charge in [-0.2, -0.15) is 0 Å². The number of benzene rings is 1. The molecule has 1 atom stereocenters. The first-order valence-corrected chi connectivity index (χ1v) is 5.78. The molecule has 0 fully saturated rings. The van der Waals surface area contributed by atoms with Crippen LogP contribution in [-0.2, 0) is 4.79 Å². The number of halogens is 1. The summed E-state index contributed by atoms with van der Waals surface area (Å²) in [7, 11) is 0. The molecule has 0 aliphatic rings. The minimum atomic E-state index is -0.450. The topological polar surface area (TPSA) is 20.3 Å². The Labute approximate surface area is 107 Å². The van der Waals surface area contributed by atoms with E-state index >= 15 is 0 Å². The van der Waals surface area contributed by atoms with Crippen LogP contribution in [0.4, 0.5) is 0 Å². The van der Waals surface area contributed by atoms with Crippen LogP contribution in [0.25, 0.3) is 0 Å². The van der Waals surface area contributed by atoms with Gasteiger partial charge in [-0.3, -0.25) is 9.69 Å². The highest BCUT2D eigenvalue weighted by molar-refractivity contribution is 6.64. The number of nitrogens with zero attached hydrogens (tertiary/aromatic N) is 1. The minimum absolute atomic E-state index is 0.389. The summed E-state index contributed by atoms with van der Waals surface area (Å²) in [5.41, 5.74) is 0.885. The highest BCUT2D eigenvalue weighted by atomic mass is 35.5. The lowest BCUT2D eigenvalue weighted by atomic mass is 10.1. The van der Waals surface area contributed by atoms with Crippen LogP contribution in [0.15, 0.2) is 55.6 Å². The van der Waals surface area contributed by atoms with Crippen molar-refractivity contribution in [2.75, 3.05) is 13.1 Å². The molecule has 0 aliphatic heterocycles. The van der Waals surface area contributed by atoms with Gasteiger partial charge in [0.25, 0.3) is 0 Å². The van der Waals surface area contributed by atoms with E-state index in [2.05, 4.69) is 13.2 Å². The lowest BCUT2D eigenvalue weighted by molar-refractivity contribution is -0.116. The molecule has 0 bridgehead atoms. The lowest BCUT2D eigenvalue weighted by Gasteiger charge is -2.27. The number of hydrogen-bond acceptors (Lipinski definition) is 2. The summed E-state index contributed by atoms with van der Waals surface area (Å²) >= 11 is 5.70. The predicted octanol–water partition coefficient (Wildman–Crippen LogP) is 3.17. The van der Waals surface area contributed by atoms with Crippen LogP contribution in [-0.4, -0.2) is 23.2 Å². The smallest absolute Gasteiger partial charge is 0.243 e. The van der Waals surface area contributed by atoms with Crippen molar-refractivity contribution in [3.05, 3.63) is 61.2 Å². The van der Waals surface area contributed by atoms with Crippen LogP contribution in [0, 0.1) is 0 Å². The first-order valence-electron chi connectivity index (χ1n) is 5.40. The Kier molecular flexibility index (Phi) is 5.67. The highest BCUT2D eigenvalue weighted by Crippen LogP contribution is 2.23. The van der Waals surface area contributed by atoms with Gasteiger partial charge < -0.3 is 0 Å². The summed E-state index contributed by atoms with van der Waals surface area (Å²) in [5.74, 6) is 0. The van der Waals surface area contributed by atoms with Gasteiger partial charge in [0.05, 0.1) is 0 Å². The summed E-state index contributed by atoms with van der Waals surface area (Å²) in [6.45, 7) is 8.55. The Hall–Kier alpha value is -1.38. The molecule has 0 saturated heterocycles. The zero-order valence-electron chi connectivity index (χ0n) is 9.68. The minimum Gasteiger partial charge on any atom is -0.281 e. The van der Waals surface area contributed by atoms with Crippen molar-refractivity contribution in [2.24, 2.45) is 0 Å². The zero-order chi connectivity index (χ0) is 12.7. The van der Waals surface area contributed by atoms with Gasteiger partial charge in [0.2, 0.25) is 5.24 Å². The average molecular weight is 250 g/mol. The number of carbonyl (C=O) groups excluding carboxylic acids is 1. The number of carbonyl (C=O) groups is 1. The summed E-state index contributed by atoms with van der Waals surface area (Å²) in [6, 6.07) is 9.03. The molecule has 1 aromatic rings. The first-order chi connectivity index (χ1) is 8.20. The largest absolute Gasteiger partial charge is 0.281 e. The van der Waals surface area contributed by atoms with Gasteiger partial charge in [-0.1, -0.05) is 42.5 Å². The molecule has 0 heterocycles. The van der Waals surface area contributed by atoms with Gasteiger partial charge in [0, 0.05) is 13.1 Å². The van der Waals surface area contributed by atoms with E-state index in [1.807, 2.05) is 35.2 Å². The fourth-order valence-electron chi connectivity index (χ4n) is 1.74. The predicted molar refractivity (Wildman–Crippen MR) is 72.0 cm³/mol. The molecule has 3 heteroatoms. The zero-order valence-corrected chi connectivity index (χ0v) is 10.4. The van der Waals surface area contributed by atoms with Crippen LogP contribution < -0.4 is 0 Å². The Balaban J connectivity index is 3.01. The fourth-order valence-corrected chi connectivity index (χ4v) is 2.00. The second kappa shape index (κ2) is 7.05. The molecule has 0 saturated carbocycles. The molecule has 1 aromatic carbocycles. The molecule has 0 aromatic heterocycles. The van der Waals surface area contributed by atoms with Crippen LogP contribution in [0.5, 0.6) is 0 Å². The van der Waals surface area contributed by atoms with Crippen molar-refractivity contribution >= 4 is 16.8 Å². The number of rotatable bonds is 7. The van der Waals surface area contributed by atoms with E-state index in [-0.39, 0.29) is 5.24 Å². The van der Waals surface area contributed by atoms with Crippen molar-refractivity contribution < 1.29 is 4.79 Å². The molecule has 0 aliphatic carbocycles. The Morgan fingerprint density at radius 1 is 1.24 bits per heavy atom.